The molecule has 0 atom stereocenters. The number of hydrogen-bond donors (Lipinski definition) is 2. The van der Waals surface area contributed by atoms with E-state index in [-0.39, 0.29) is 5.56 Å². The van der Waals surface area contributed by atoms with E-state index in [2.05, 4.69) is 57.3 Å². The maximum absolute atomic E-state index is 12.4. The summed E-state index contributed by atoms with van der Waals surface area (Å²) in [6.45, 7) is 0.702. The highest BCUT2D eigenvalue weighted by Crippen LogP contribution is 2.29. The summed E-state index contributed by atoms with van der Waals surface area (Å²) in [6, 6.07) is 7.71. The van der Waals surface area contributed by atoms with Crippen LogP contribution in [0.3, 0.4) is 0 Å². The van der Waals surface area contributed by atoms with Crippen LogP contribution in [0.1, 0.15) is 12.8 Å². The average molecular weight is 408 g/mol. The van der Waals surface area contributed by atoms with Crippen molar-refractivity contribution in [3.8, 4) is 12.8 Å². The Kier molecular flexibility index (Phi) is 5.55. The standard InChI is InChI=1S/C19H16BrN3O.C2H2/c20-13-6-7-16-15(10-13)17-14(8-9-21-19(17)24)18(23-16)22-11-12-4-2-1-3-5-12;1-2/h2,4-10H,1,3,11H2,(H,21,24)(H,22,23);1-2H. The van der Waals surface area contributed by atoms with Crippen molar-refractivity contribution in [2.24, 2.45) is 0 Å². The Labute approximate surface area is 160 Å². The number of anilines is 1. The Hall–Kier alpha value is -2.84. The van der Waals surface area contributed by atoms with Gasteiger partial charge < -0.3 is 10.3 Å². The summed E-state index contributed by atoms with van der Waals surface area (Å²) in [7, 11) is 0. The van der Waals surface area contributed by atoms with Crippen LogP contribution < -0.4 is 10.9 Å². The fourth-order valence-corrected chi connectivity index (χ4v) is 3.41. The van der Waals surface area contributed by atoms with Crippen molar-refractivity contribution < 1.29 is 0 Å². The number of terminal acetylenes is 1. The highest BCUT2D eigenvalue weighted by molar-refractivity contribution is 9.10. The van der Waals surface area contributed by atoms with E-state index in [9.17, 15) is 4.79 Å². The van der Waals surface area contributed by atoms with E-state index in [0.29, 0.717) is 11.9 Å². The minimum Gasteiger partial charge on any atom is -0.365 e. The van der Waals surface area contributed by atoms with Gasteiger partial charge >= 0.3 is 0 Å². The Morgan fingerprint density at radius 1 is 1.19 bits per heavy atom. The number of hydrogen-bond acceptors (Lipinski definition) is 3. The van der Waals surface area contributed by atoms with Gasteiger partial charge in [-0.1, -0.05) is 34.2 Å². The molecule has 0 aliphatic heterocycles. The normalized spacial score (nSPS) is 13.1. The predicted octanol–water partition coefficient (Wildman–Crippen LogP) is 4.78. The van der Waals surface area contributed by atoms with E-state index in [1.54, 1.807) is 6.20 Å². The van der Waals surface area contributed by atoms with Crippen LogP contribution >= 0.6 is 15.9 Å². The van der Waals surface area contributed by atoms with Gasteiger partial charge in [-0.15, -0.1) is 12.8 Å². The van der Waals surface area contributed by atoms with E-state index in [1.165, 1.54) is 5.57 Å². The molecule has 4 rings (SSSR count). The molecule has 1 aromatic carbocycles. The van der Waals surface area contributed by atoms with Crippen molar-refractivity contribution in [1.82, 2.24) is 9.97 Å². The van der Waals surface area contributed by atoms with Gasteiger partial charge in [0, 0.05) is 28.0 Å². The second-order valence-electron chi connectivity index (χ2n) is 5.83. The molecule has 2 heterocycles. The van der Waals surface area contributed by atoms with Gasteiger partial charge in [0.15, 0.2) is 0 Å². The van der Waals surface area contributed by atoms with Gasteiger partial charge in [0.2, 0.25) is 0 Å². The van der Waals surface area contributed by atoms with Crippen LogP contribution in [0.4, 0.5) is 5.82 Å². The lowest BCUT2D eigenvalue weighted by atomic mass is 10.1. The van der Waals surface area contributed by atoms with Crippen molar-refractivity contribution in [2.45, 2.75) is 12.8 Å². The van der Waals surface area contributed by atoms with Gasteiger partial charge in [0.1, 0.15) is 5.82 Å². The lowest BCUT2D eigenvalue weighted by Crippen LogP contribution is -2.11. The third-order valence-electron chi connectivity index (χ3n) is 4.21. The molecule has 2 aromatic heterocycles. The Bertz CT molecular complexity index is 1090. The summed E-state index contributed by atoms with van der Waals surface area (Å²) in [5.74, 6) is 0.741. The highest BCUT2D eigenvalue weighted by Gasteiger charge is 2.11. The molecule has 0 saturated carbocycles. The van der Waals surface area contributed by atoms with Crippen LogP contribution in [0.5, 0.6) is 0 Å². The van der Waals surface area contributed by atoms with Gasteiger partial charge in [-0.3, -0.25) is 4.79 Å². The Morgan fingerprint density at radius 3 is 2.81 bits per heavy atom. The minimum absolute atomic E-state index is 0.0992. The number of aromatic nitrogens is 2. The van der Waals surface area contributed by atoms with Crippen LogP contribution in [0.15, 0.2) is 63.5 Å². The molecule has 0 bridgehead atoms. The number of aromatic amines is 1. The van der Waals surface area contributed by atoms with Crippen molar-refractivity contribution in [3.05, 3.63) is 69.1 Å². The van der Waals surface area contributed by atoms with Crippen LogP contribution in [0, 0.1) is 12.8 Å². The maximum atomic E-state index is 12.4. The first-order chi connectivity index (χ1) is 12.7. The second kappa shape index (κ2) is 8.03. The zero-order valence-electron chi connectivity index (χ0n) is 14.1. The van der Waals surface area contributed by atoms with Gasteiger partial charge in [0.25, 0.3) is 5.56 Å². The summed E-state index contributed by atoms with van der Waals surface area (Å²) in [5.41, 5.74) is 1.95. The summed E-state index contributed by atoms with van der Waals surface area (Å²) >= 11 is 3.47. The third-order valence-corrected chi connectivity index (χ3v) is 4.70. The molecule has 0 saturated heterocycles. The number of nitrogens with one attached hydrogen (secondary N) is 2. The topological polar surface area (TPSA) is 57.8 Å². The van der Waals surface area contributed by atoms with Crippen LogP contribution in [-0.4, -0.2) is 16.5 Å². The fourth-order valence-electron chi connectivity index (χ4n) is 3.05. The van der Waals surface area contributed by atoms with Gasteiger partial charge in [-0.25, -0.2) is 4.98 Å². The molecule has 0 amide bonds. The summed E-state index contributed by atoms with van der Waals surface area (Å²) in [5, 5.41) is 5.75. The first-order valence-electron chi connectivity index (χ1n) is 8.26. The summed E-state index contributed by atoms with van der Waals surface area (Å²) < 4.78 is 0.930. The van der Waals surface area contributed by atoms with E-state index in [1.807, 2.05) is 24.3 Å². The smallest absolute Gasteiger partial charge is 0.256 e. The van der Waals surface area contributed by atoms with Crippen molar-refractivity contribution in [3.63, 3.8) is 0 Å². The number of benzene rings is 1. The molecule has 0 radical (unpaired) electrons. The van der Waals surface area contributed by atoms with Crippen molar-refractivity contribution in [2.75, 3.05) is 11.9 Å². The molecule has 1 aliphatic carbocycles. The number of pyridine rings is 2. The number of nitrogens with zero attached hydrogens (tertiary/aromatic N) is 1. The molecule has 0 unspecified atom stereocenters. The summed E-state index contributed by atoms with van der Waals surface area (Å²) in [4.78, 5) is 19.9. The lowest BCUT2D eigenvalue weighted by Gasteiger charge is -2.13. The molecule has 0 fully saturated rings. The lowest BCUT2D eigenvalue weighted by molar-refractivity contribution is 1.00. The van der Waals surface area contributed by atoms with E-state index in [4.69, 9.17) is 4.98 Å². The van der Waals surface area contributed by atoms with Crippen LogP contribution in [-0.2, 0) is 0 Å². The van der Waals surface area contributed by atoms with E-state index < -0.39 is 0 Å². The van der Waals surface area contributed by atoms with Crippen molar-refractivity contribution >= 4 is 43.4 Å². The molecular weight excluding hydrogens is 390 g/mol. The van der Waals surface area contributed by atoms with Gasteiger partial charge in [-0.05, 0) is 42.7 Å². The van der Waals surface area contributed by atoms with Crippen molar-refractivity contribution in [1.29, 1.82) is 0 Å². The SMILES string of the molecule is C#C.O=c1[nH]ccc2c(NCC3=CCCC=C3)nc3ccc(Br)cc3c12. The average Bonchev–Trinajstić information content (AvgIpc) is 2.69. The number of rotatable bonds is 3. The first kappa shape index (κ1) is 18.0. The molecule has 4 nitrogen and oxygen atoms in total. The molecule has 0 spiro atoms. The number of allylic oxidation sites excluding steroid dienone is 2. The van der Waals surface area contributed by atoms with Crippen LogP contribution in [0.2, 0.25) is 0 Å². The van der Waals surface area contributed by atoms with Crippen LogP contribution in [0.25, 0.3) is 21.7 Å². The second-order valence-corrected chi connectivity index (χ2v) is 6.75. The zero-order chi connectivity index (χ0) is 18.5. The number of H-pyrrole nitrogens is 1. The monoisotopic (exact) mass is 407 g/mol. The zero-order valence-corrected chi connectivity index (χ0v) is 15.7. The molecule has 2 N–H and O–H groups in total. The maximum Gasteiger partial charge on any atom is 0.256 e. The quantitative estimate of drug-likeness (QED) is 0.485. The number of fused-ring (bicyclic) bond motifs is 3. The highest BCUT2D eigenvalue weighted by atomic mass is 79.9. The fraction of sp³-hybridized carbons (Fsp3) is 0.143. The predicted molar refractivity (Wildman–Crippen MR) is 112 cm³/mol. The first-order valence-corrected chi connectivity index (χ1v) is 9.05. The molecule has 5 heteroatoms. The molecule has 1 aliphatic rings. The van der Waals surface area contributed by atoms with E-state index >= 15 is 0 Å². The molecule has 130 valence electrons. The van der Waals surface area contributed by atoms with Gasteiger partial charge in [0.05, 0.1) is 10.9 Å². The molecular formula is C21H18BrN3O. The largest absolute Gasteiger partial charge is 0.365 e. The summed E-state index contributed by atoms with van der Waals surface area (Å²) in [6.07, 6.45) is 18.4. The van der Waals surface area contributed by atoms with E-state index in [0.717, 1.165) is 39.4 Å². The minimum atomic E-state index is -0.0992. The third kappa shape index (κ3) is 3.56. The Balaban J connectivity index is 0.000000948. The number of halogens is 1. The molecule has 3 aromatic rings. The Morgan fingerprint density at radius 2 is 2.04 bits per heavy atom. The molecule has 26 heavy (non-hydrogen) atoms. The van der Waals surface area contributed by atoms with Gasteiger partial charge in [-0.2, -0.15) is 0 Å².